The molecular weight excluding hydrogens is 260 g/mol. The number of esters is 1. The molecular formula is C14H14N2O4. The minimum atomic E-state index is -0.892. The number of aldehydes is 1. The molecule has 0 radical (unpaired) electrons. The minimum absolute atomic E-state index is 0.130. The van der Waals surface area contributed by atoms with Crippen LogP contribution in [-0.4, -0.2) is 36.3 Å². The number of carbonyl (C=O) groups excluding carboxylic acids is 3. The van der Waals surface area contributed by atoms with E-state index in [1.165, 1.54) is 7.11 Å². The minimum Gasteiger partial charge on any atom is -0.467 e. The molecule has 1 aromatic heterocycles. The number of fused-ring (bicyclic) bond motifs is 1. The Bertz CT molecular complexity index is 647. The second-order valence-corrected chi connectivity index (χ2v) is 4.27. The van der Waals surface area contributed by atoms with Gasteiger partial charge in [0.05, 0.1) is 7.11 Å². The number of benzene rings is 1. The second-order valence-electron chi connectivity index (χ2n) is 4.27. The van der Waals surface area contributed by atoms with E-state index in [4.69, 9.17) is 0 Å². The summed E-state index contributed by atoms with van der Waals surface area (Å²) in [4.78, 5) is 36.3. The quantitative estimate of drug-likeness (QED) is 0.474. The molecule has 0 fully saturated rings. The average molecular weight is 274 g/mol. The lowest BCUT2D eigenvalue weighted by Gasteiger charge is -2.14. The zero-order valence-corrected chi connectivity index (χ0v) is 10.9. The third kappa shape index (κ3) is 2.85. The number of aromatic amines is 1. The Labute approximate surface area is 115 Å². The van der Waals surface area contributed by atoms with Crippen LogP contribution >= 0.6 is 0 Å². The highest BCUT2D eigenvalue weighted by Crippen LogP contribution is 2.19. The van der Waals surface area contributed by atoms with Crippen LogP contribution in [0.4, 0.5) is 0 Å². The summed E-state index contributed by atoms with van der Waals surface area (Å²) in [6, 6.07) is 6.72. The summed E-state index contributed by atoms with van der Waals surface area (Å²) >= 11 is 0. The van der Waals surface area contributed by atoms with Gasteiger partial charge in [-0.3, -0.25) is 9.59 Å². The Morgan fingerprint density at radius 1 is 1.40 bits per heavy atom. The molecule has 1 amide bonds. The normalized spacial score (nSPS) is 11.8. The zero-order valence-electron chi connectivity index (χ0n) is 10.9. The second kappa shape index (κ2) is 6.01. The largest absolute Gasteiger partial charge is 0.467 e. The molecule has 20 heavy (non-hydrogen) atoms. The van der Waals surface area contributed by atoms with Crippen LogP contribution in [0.2, 0.25) is 0 Å². The van der Waals surface area contributed by atoms with Crippen LogP contribution in [0.15, 0.2) is 30.5 Å². The van der Waals surface area contributed by atoms with Gasteiger partial charge >= 0.3 is 5.97 Å². The van der Waals surface area contributed by atoms with Crippen molar-refractivity contribution in [2.24, 2.45) is 0 Å². The van der Waals surface area contributed by atoms with Gasteiger partial charge in [0.25, 0.3) is 5.91 Å². The predicted molar refractivity (Wildman–Crippen MR) is 72.0 cm³/mol. The first kappa shape index (κ1) is 13.8. The van der Waals surface area contributed by atoms with Crippen molar-refractivity contribution in [3.8, 4) is 0 Å². The van der Waals surface area contributed by atoms with E-state index in [-0.39, 0.29) is 12.7 Å². The molecule has 104 valence electrons. The molecule has 0 aliphatic rings. The third-order valence-corrected chi connectivity index (χ3v) is 3.01. The first-order chi connectivity index (χ1) is 9.65. The van der Waals surface area contributed by atoms with E-state index in [1.54, 1.807) is 6.20 Å². The maximum Gasteiger partial charge on any atom is 0.328 e. The van der Waals surface area contributed by atoms with E-state index in [9.17, 15) is 14.4 Å². The molecule has 1 heterocycles. The van der Waals surface area contributed by atoms with E-state index in [0.717, 1.165) is 16.5 Å². The fourth-order valence-corrected chi connectivity index (χ4v) is 2.06. The van der Waals surface area contributed by atoms with Gasteiger partial charge in [-0.15, -0.1) is 0 Å². The Balaban J connectivity index is 2.24. The number of ether oxygens (including phenoxy) is 1. The maximum absolute atomic E-state index is 11.7. The van der Waals surface area contributed by atoms with Gasteiger partial charge < -0.3 is 15.0 Å². The van der Waals surface area contributed by atoms with Crippen molar-refractivity contribution in [3.63, 3.8) is 0 Å². The van der Waals surface area contributed by atoms with E-state index >= 15 is 0 Å². The van der Waals surface area contributed by atoms with E-state index in [0.29, 0.717) is 0 Å². The van der Waals surface area contributed by atoms with Crippen molar-refractivity contribution in [3.05, 3.63) is 36.0 Å². The standard InChI is InChI=1S/C14H14N2O4/c1-20-14(19)12(16-13(18)8-17)6-9-7-15-11-5-3-2-4-10(9)11/h2-5,7-8,12,15H,6H2,1H3,(H,16,18)/t12-/m0/s1. The van der Waals surface area contributed by atoms with Crippen molar-refractivity contribution in [2.75, 3.05) is 7.11 Å². The molecule has 2 aromatic rings. The summed E-state index contributed by atoms with van der Waals surface area (Å²) in [5.74, 6) is -1.44. The third-order valence-electron chi connectivity index (χ3n) is 3.01. The highest BCUT2D eigenvalue weighted by molar-refractivity contribution is 6.24. The van der Waals surface area contributed by atoms with Crippen molar-refractivity contribution >= 4 is 29.1 Å². The van der Waals surface area contributed by atoms with Gasteiger partial charge in [-0.1, -0.05) is 18.2 Å². The number of hydrogen-bond acceptors (Lipinski definition) is 4. The van der Waals surface area contributed by atoms with Gasteiger partial charge in [0.15, 0.2) is 0 Å². The number of methoxy groups -OCH3 is 1. The van der Waals surface area contributed by atoms with Gasteiger partial charge in [-0.05, 0) is 11.6 Å². The van der Waals surface area contributed by atoms with Crippen molar-refractivity contribution < 1.29 is 19.1 Å². The molecule has 0 aliphatic heterocycles. The van der Waals surface area contributed by atoms with Crippen LogP contribution in [0, 0.1) is 0 Å². The van der Waals surface area contributed by atoms with Crippen molar-refractivity contribution in [1.82, 2.24) is 10.3 Å². The molecule has 0 spiro atoms. The maximum atomic E-state index is 11.7. The number of nitrogens with one attached hydrogen (secondary N) is 2. The number of carbonyl (C=O) groups is 3. The highest BCUT2D eigenvalue weighted by Gasteiger charge is 2.22. The molecule has 0 saturated carbocycles. The summed E-state index contributed by atoms with van der Waals surface area (Å²) in [6.45, 7) is 0. The lowest BCUT2D eigenvalue weighted by Crippen LogP contribution is -2.43. The topological polar surface area (TPSA) is 88.3 Å². The van der Waals surface area contributed by atoms with Gasteiger partial charge in [0.1, 0.15) is 6.04 Å². The Morgan fingerprint density at radius 3 is 2.85 bits per heavy atom. The smallest absolute Gasteiger partial charge is 0.328 e. The van der Waals surface area contributed by atoms with Gasteiger partial charge in [-0.2, -0.15) is 0 Å². The number of para-hydroxylation sites is 1. The van der Waals surface area contributed by atoms with Crippen LogP contribution in [0.3, 0.4) is 0 Å². The molecule has 6 nitrogen and oxygen atoms in total. The van der Waals surface area contributed by atoms with Crippen LogP contribution in [0.25, 0.3) is 10.9 Å². The molecule has 0 saturated heterocycles. The number of aromatic nitrogens is 1. The van der Waals surface area contributed by atoms with Crippen molar-refractivity contribution in [1.29, 1.82) is 0 Å². The fourth-order valence-electron chi connectivity index (χ4n) is 2.06. The van der Waals surface area contributed by atoms with E-state index in [1.807, 2.05) is 24.3 Å². The van der Waals surface area contributed by atoms with Crippen LogP contribution < -0.4 is 5.32 Å². The van der Waals surface area contributed by atoms with E-state index < -0.39 is 17.9 Å². The zero-order chi connectivity index (χ0) is 14.5. The Kier molecular flexibility index (Phi) is 4.14. The average Bonchev–Trinajstić information content (AvgIpc) is 2.89. The SMILES string of the molecule is COC(=O)[C@H](Cc1c[nH]c2ccccc12)NC(=O)C=O. The lowest BCUT2D eigenvalue weighted by molar-refractivity contribution is -0.145. The summed E-state index contributed by atoms with van der Waals surface area (Å²) in [5, 5.41) is 3.28. The number of H-pyrrole nitrogens is 1. The predicted octanol–water partition coefficient (Wildman–Crippen LogP) is 0.567. The molecule has 1 atom stereocenters. The van der Waals surface area contributed by atoms with Gasteiger partial charge in [0, 0.05) is 23.5 Å². The Morgan fingerprint density at radius 2 is 2.15 bits per heavy atom. The molecule has 6 heteroatoms. The molecule has 1 aromatic carbocycles. The molecule has 2 N–H and O–H groups in total. The summed E-state index contributed by atoms with van der Waals surface area (Å²) in [5.41, 5.74) is 1.80. The highest BCUT2D eigenvalue weighted by atomic mass is 16.5. The number of rotatable bonds is 5. The summed E-state index contributed by atoms with van der Waals surface area (Å²) in [7, 11) is 1.23. The first-order valence-corrected chi connectivity index (χ1v) is 6.04. The molecule has 0 aliphatic carbocycles. The van der Waals surface area contributed by atoms with Crippen LogP contribution in [0.5, 0.6) is 0 Å². The monoisotopic (exact) mass is 274 g/mol. The Hall–Kier alpha value is -2.63. The number of hydrogen-bond donors (Lipinski definition) is 2. The van der Waals surface area contributed by atoms with Gasteiger partial charge in [0.2, 0.25) is 6.29 Å². The summed E-state index contributed by atoms with van der Waals surface area (Å²) in [6.07, 6.45) is 2.15. The molecule has 2 rings (SSSR count). The van der Waals surface area contributed by atoms with Crippen LogP contribution in [-0.2, 0) is 25.5 Å². The van der Waals surface area contributed by atoms with Crippen LogP contribution in [0.1, 0.15) is 5.56 Å². The first-order valence-electron chi connectivity index (χ1n) is 6.04. The fraction of sp³-hybridized carbons (Fsp3) is 0.214. The molecule has 0 unspecified atom stereocenters. The lowest BCUT2D eigenvalue weighted by atomic mass is 10.0. The van der Waals surface area contributed by atoms with Crippen molar-refractivity contribution in [2.45, 2.75) is 12.5 Å². The molecule has 0 bridgehead atoms. The van der Waals surface area contributed by atoms with E-state index in [2.05, 4.69) is 15.0 Å². The summed E-state index contributed by atoms with van der Waals surface area (Å²) < 4.78 is 4.64. The van der Waals surface area contributed by atoms with Gasteiger partial charge in [-0.25, -0.2) is 4.79 Å². The number of amides is 1.